The van der Waals surface area contributed by atoms with Gasteiger partial charge in [0.05, 0.1) is 29.0 Å². The lowest BCUT2D eigenvalue weighted by Gasteiger charge is -2.28. The number of thiazole rings is 1. The zero-order chi connectivity index (χ0) is 21.6. The molecule has 0 unspecified atom stereocenters. The third kappa shape index (κ3) is 5.29. The summed E-state index contributed by atoms with van der Waals surface area (Å²) in [6.45, 7) is 7.28. The number of amides is 1. The van der Waals surface area contributed by atoms with E-state index in [9.17, 15) is 4.79 Å². The molecule has 1 amide bonds. The van der Waals surface area contributed by atoms with Crippen LogP contribution in [0.5, 0.6) is 0 Å². The molecule has 0 atom stereocenters. The molecule has 3 aromatic rings. The first-order valence-electron chi connectivity index (χ1n) is 10.8. The Morgan fingerprint density at radius 3 is 2.81 bits per heavy atom. The Morgan fingerprint density at radius 2 is 2.03 bits per heavy atom. The van der Waals surface area contributed by atoms with Crippen LogP contribution in [0.3, 0.4) is 0 Å². The van der Waals surface area contributed by atoms with Crippen LogP contribution in [0.1, 0.15) is 29.3 Å². The fourth-order valence-electron chi connectivity index (χ4n) is 3.82. The van der Waals surface area contributed by atoms with Gasteiger partial charge in [-0.2, -0.15) is 0 Å². The minimum atomic E-state index is 0.0294. The van der Waals surface area contributed by atoms with E-state index in [1.165, 1.54) is 5.56 Å². The number of morpholine rings is 1. The molecule has 4 rings (SSSR count). The molecule has 31 heavy (non-hydrogen) atoms. The van der Waals surface area contributed by atoms with E-state index >= 15 is 0 Å². The Bertz CT molecular complexity index is 1030. The quantitative estimate of drug-likeness (QED) is 0.450. The van der Waals surface area contributed by atoms with Crippen LogP contribution in [0.2, 0.25) is 0 Å². The molecule has 5 nitrogen and oxygen atoms in total. The number of benzene rings is 2. The van der Waals surface area contributed by atoms with Gasteiger partial charge in [0.25, 0.3) is 5.91 Å². The summed E-state index contributed by atoms with van der Waals surface area (Å²) in [6.07, 6.45) is 3.91. The summed E-state index contributed by atoms with van der Waals surface area (Å²) < 4.78 is 6.59. The summed E-state index contributed by atoms with van der Waals surface area (Å²) in [4.78, 5) is 23.8. The van der Waals surface area contributed by atoms with Crippen LogP contribution in [0.4, 0.5) is 5.13 Å². The van der Waals surface area contributed by atoms with Gasteiger partial charge in [0, 0.05) is 31.1 Å². The van der Waals surface area contributed by atoms with Gasteiger partial charge in [0.15, 0.2) is 5.13 Å². The molecule has 0 N–H and O–H groups in total. The van der Waals surface area contributed by atoms with E-state index in [0.29, 0.717) is 6.54 Å². The fraction of sp³-hybridized carbons (Fsp3) is 0.417. The van der Waals surface area contributed by atoms with Crippen LogP contribution in [-0.2, 0) is 11.2 Å². The topological polar surface area (TPSA) is 45.7 Å². The maximum absolute atomic E-state index is 13.7. The van der Waals surface area contributed by atoms with Crippen molar-refractivity contribution in [1.29, 1.82) is 0 Å². The van der Waals surface area contributed by atoms with E-state index in [4.69, 9.17) is 9.72 Å². The summed E-state index contributed by atoms with van der Waals surface area (Å²) in [5, 5.41) is 0.783. The number of aryl methyl sites for hydroxylation is 1. The highest BCUT2D eigenvalue weighted by atomic mass is 32.2. The summed E-state index contributed by atoms with van der Waals surface area (Å²) in [5.41, 5.74) is 3.00. The number of fused-ring (bicyclic) bond motifs is 1. The molecule has 1 fully saturated rings. The number of ether oxygens (including phenoxy) is 1. The zero-order valence-corrected chi connectivity index (χ0v) is 19.8. The van der Waals surface area contributed by atoms with Gasteiger partial charge in [0.1, 0.15) is 0 Å². The van der Waals surface area contributed by atoms with Gasteiger partial charge >= 0.3 is 0 Å². The third-order valence-electron chi connectivity index (χ3n) is 5.62. The lowest BCUT2D eigenvalue weighted by molar-refractivity contribution is 0.0376. The highest BCUT2D eigenvalue weighted by molar-refractivity contribution is 7.98. The van der Waals surface area contributed by atoms with Crippen molar-refractivity contribution < 1.29 is 9.53 Å². The average Bonchev–Trinajstić information content (AvgIpc) is 3.25. The number of hydrogen-bond donors (Lipinski definition) is 0. The van der Waals surface area contributed by atoms with E-state index in [1.807, 2.05) is 35.4 Å². The second-order valence-corrected chi connectivity index (χ2v) is 9.47. The van der Waals surface area contributed by atoms with Crippen LogP contribution >= 0.6 is 23.1 Å². The van der Waals surface area contributed by atoms with Crippen LogP contribution in [-0.4, -0.2) is 61.4 Å². The molecule has 1 aliphatic heterocycles. The van der Waals surface area contributed by atoms with Gasteiger partial charge < -0.3 is 4.74 Å². The van der Waals surface area contributed by atoms with Gasteiger partial charge in [0.2, 0.25) is 0 Å². The highest BCUT2D eigenvalue weighted by Gasteiger charge is 2.23. The lowest BCUT2D eigenvalue weighted by Crippen LogP contribution is -2.39. The molecule has 1 aliphatic rings. The molecule has 164 valence electrons. The number of nitrogens with zero attached hydrogens (tertiary/aromatic N) is 3. The van der Waals surface area contributed by atoms with E-state index in [0.717, 1.165) is 71.5 Å². The van der Waals surface area contributed by atoms with E-state index in [-0.39, 0.29) is 5.91 Å². The van der Waals surface area contributed by atoms with Crippen molar-refractivity contribution >= 4 is 44.4 Å². The number of carbonyl (C=O) groups excluding carboxylic acids is 1. The fourth-order valence-corrected chi connectivity index (χ4v) is 5.46. The van der Waals surface area contributed by atoms with Gasteiger partial charge in [-0.1, -0.05) is 36.5 Å². The summed E-state index contributed by atoms with van der Waals surface area (Å²) in [6, 6.07) is 14.2. The first-order valence-corrected chi connectivity index (χ1v) is 12.9. The molecule has 0 spiro atoms. The van der Waals surface area contributed by atoms with Crippen molar-refractivity contribution in [2.24, 2.45) is 0 Å². The summed E-state index contributed by atoms with van der Waals surface area (Å²) >= 11 is 3.22. The standard InChI is InChI=1S/C24H29N3O2S2/c1-3-18-9-10-20-22(17-18)31-24(25-20)27(12-6-11-26-13-15-29-16-14-26)23(28)19-7-4-5-8-21(19)30-2/h4-5,7-10,17H,3,6,11-16H2,1-2H3. The van der Waals surface area contributed by atoms with Crippen LogP contribution in [0, 0.1) is 0 Å². The molecule has 2 aromatic carbocycles. The number of carbonyl (C=O) groups is 1. The number of aromatic nitrogens is 1. The smallest absolute Gasteiger partial charge is 0.261 e. The Hall–Kier alpha value is -1.93. The molecule has 1 aromatic heterocycles. The first-order chi connectivity index (χ1) is 15.2. The first kappa shape index (κ1) is 22.3. The predicted octanol–water partition coefficient (Wildman–Crippen LogP) is 4.95. The Kier molecular flexibility index (Phi) is 7.61. The maximum atomic E-state index is 13.7. The van der Waals surface area contributed by atoms with Crippen molar-refractivity contribution in [1.82, 2.24) is 9.88 Å². The number of thioether (sulfide) groups is 1. The van der Waals surface area contributed by atoms with E-state index in [1.54, 1.807) is 23.1 Å². The van der Waals surface area contributed by atoms with Gasteiger partial charge in [-0.05, 0) is 48.9 Å². The van der Waals surface area contributed by atoms with Crippen LogP contribution in [0.15, 0.2) is 47.4 Å². The average molecular weight is 456 g/mol. The molecule has 0 bridgehead atoms. The van der Waals surface area contributed by atoms with E-state index in [2.05, 4.69) is 30.0 Å². The number of hydrogen-bond acceptors (Lipinski definition) is 6. The number of anilines is 1. The van der Waals surface area contributed by atoms with Crippen molar-refractivity contribution in [2.45, 2.75) is 24.7 Å². The molecule has 0 aliphatic carbocycles. The molecule has 0 saturated carbocycles. The maximum Gasteiger partial charge on any atom is 0.261 e. The molecule has 7 heteroatoms. The molecule has 0 radical (unpaired) electrons. The van der Waals surface area contributed by atoms with Gasteiger partial charge in [-0.25, -0.2) is 4.98 Å². The highest BCUT2D eigenvalue weighted by Crippen LogP contribution is 2.32. The van der Waals surface area contributed by atoms with Crippen LogP contribution < -0.4 is 4.90 Å². The summed E-state index contributed by atoms with van der Waals surface area (Å²) in [5.74, 6) is 0.0294. The molecular weight excluding hydrogens is 426 g/mol. The Labute approximate surface area is 192 Å². The number of rotatable bonds is 8. The molecular formula is C24H29N3O2S2. The minimum absolute atomic E-state index is 0.0294. The van der Waals surface area contributed by atoms with Gasteiger partial charge in [-0.15, -0.1) is 11.8 Å². The zero-order valence-electron chi connectivity index (χ0n) is 18.2. The second-order valence-electron chi connectivity index (χ2n) is 7.62. The summed E-state index contributed by atoms with van der Waals surface area (Å²) in [7, 11) is 0. The third-order valence-corrected chi connectivity index (χ3v) is 7.46. The van der Waals surface area contributed by atoms with Crippen LogP contribution in [0.25, 0.3) is 10.2 Å². The van der Waals surface area contributed by atoms with Gasteiger partial charge in [-0.3, -0.25) is 14.6 Å². The largest absolute Gasteiger partial charge is 0.379 e. The normalized spacial score (nSPS) is 14.8. The van der Waals surface area contributed by atoms with E-state index < -0.39 is 0 Å². The SMILES string of the molecule is CCc1ccc2nc(N(CCCN3CCOCC3)C(=O)c3ccccc3SC)sc2c1. The molecule has 2 heterocycles. The Morgan fingerprint density at radius 1 is 1.23 bits per heavy atom. The predicted molar refractivity (Wildman–Crippen MR) is 131 cm³/mol. The Balaban J connectivity index is 1.60. The van der Waals surface area contributed by atoms with Crippen molar-refractivity contribution in [3.8, 4) is 0 Å². The van der Waals surface area contributed by atoms with Crippen molar-refractivity contribution in [3.05, 3.63) is 53.6 Å². The second kappa shape index (κ2) is 10.6. The molecule has 1 saturated heterocycles. The monoisotopic (exact) mass is 455 g/mol. The van der Waals surface area contributed by atoms with Crippen molar-refractivity contribution in [3.63, 3.8) is 0 Å². The minimum Gasteiger partial charge on any atom is -0.379 e. The van der Waals surface area contributed by atoms with Crippen molar-refractivity contribution in [2.75, 3.05) is 50.5 Å². The lowest BCUT2D eigenvalue weighted by atomic mass is 10.2.